The summed E-state index contributed by atoms with van der Waals surface area (Å²) in [6.45, 7) is 1.36. The van der Waals surface area contributed by atoms with Gasteiger partial charge in [-0.05, 0) is 25.1 Å². The number of aliphatic hydroxyl groups excluding tert-OH is 1. The van der Waals surface area contributed by atoms with Gasteiger partial charge in [0, 0.05) is 15.6 Å². The molecule has 1 atom stereocenters. The number of ether oxygens (including phenoxy) is 1. The van der Waals surface area contributed by atoms with Gasteiger partial charge in [-0.25, -0.2) is 8.42 Å². The zero-order chi connectivity index (χ0) is 16.0. The molecular formula is C12H11Cl2NO5S. The number of ketones is 1. The third-order valence-corrected chi connectivity index (χ3v) is 4.01. The summed E-state index contributed by atoms with van der Waals surface area (Å²) in [7, 11) is -3.72. The van der Waals surface area contributed by atoms with Crippen molar-refractivity contribution >= 4 is 39.0 Å². The number of halogens is 2. The molecule has 0 spiro atoms. The van der Waals surface area contributed by atoms with Gasteiger partial charge in [-0.2, -0.15) is 0 Å². The van der Waals surface area contributed by atoms with Crippen molar-refractivity contribution in [1.82, 2.24) is 4.72 Å². The standard InChI is InChI=1S/C12H11Cl2NO5S/c1-12(7-5-6(13)3-4-8(7)14)10(17)9(16)11(20-12)15-21(2,18)19/h3-5,15-16H,1-2H3. The van der Waals surface area contributed by atoms with Gasteiger partial charge in [0.05, 0.1) is 6.26 Å². The zero-order valence-corrected chi connectivity index (χ0v) is 13.3. The van der Waals surface area contributed by atoms with Crippen LogP contribution in [0.2, 0.25) is 10.0 Å². The largest absolute Gasteiger partial charge is 0.501 e. The van der Waals surface area contributed by atoms with E-state index in [9.17, 15) is 18.3 Å². The highest BCUT2D eigenvalue weighted by Gasteiger charge is 2.49. The van der Waals surface area contributed by atoms with E-state index < -0.39 is 33.0 Å². The van der Waals surface area contributed by atoms with Crippen LogP contribution in [0, 0.1) is 0 Å². The Hall–Kier alpha value is -1.44. The van der Waals surface area contributed by atoms with Gasteiger partial charge >= 0.3 is 0 Å². The molecule has 1 heterocycles. The highest BCUT2D eigenvalue weighted by atomic mass is 35.5. The van der Waals surface area contributed by atoms with Gasteiger partial charge in [-0.15, -0.1) is 0 Å². The fourth-order valence-electron chi connectivity index (χ4n) is 1.91. The molecule has 1 aromatic carbocycles. The van der Waals surface area contributed by atoms with Crippen LogP contribution in [0.15, 0.2) is 29.8 Å². The molecule has 0 aliphatic carbocycles. The first-order valence-corrected chi connectivity index (χ1v) is 8.30. The molecule has 1 aromatic rings. The number of aliphatic hydroxyl groups is 1. The van der Waals surface area contributed by atoms with Crippen molar-refractivity contribution in [2.45, 2.75) is 12.5 Å². The average Bonchev–Trinajstić information content (AvgIpc) is 2.56. The van der Waals surface area contributed by atoms with E-state index in [-0.39, 0.29) is 10.6 Å². The maximum Gasteiger partial charge on any atom is 0.250 e. The number of sulfonamides is 1. The molecule has 2 rings (SSSR count). The van der Waals surface area contributed by atoms with E-state index in [1.54, 1.807) is 0 Å². The van der Waals surface area contributed by atoms with E-state index >= 15 is 0 Å². The second-order valence-corrected chi connectivity index (χ2v) is 7.23. The molecule has 114 valence electrons. The highest BCUT2D eigenvalue weighted by molar-refractivity contribution is 7.88. The van der Waals surface area contributed by atoms with Crippen molar-refractivity contribution in [2.24, 2.45) is 0 Å². The Kier molecular flexibility index (Phi) is 3.86. The normalized spacial score (nSPS) is 22.4. The smallest absolute Gasteiger partial charge is 0.250 e. The number of hydrogen-bond acceptors (Lipinski definition) is 5. The first-order valence-electron chi connectivity index (χ1n) is 5.65. The predicted octanol–water partition coefficient (Wildman–Crippen LogP) is 2.08. The van der Waals surface area contributed by atoms with Crippen LogP contribution >= 0.6 is 23.2 Å². The Bertz CT molecular complexity index is 759. The maximum atomic E-state index is 12.2. The Morgan fingerprint density at radius 2 is 1.95 bits per heavy atom. The average molecular weight is 352 g/mol. The van der Waals surface area contributed by atoms with E-state index in [2.05, 4.69) is 0 Å². The van der Waals surface area contributed by atoms with Crippen LogP contribution in [0.3, 0.4) is 0 Å². The lowest BCUT2D eigenvalue weighted by atomic mass is 9.91. The van der Waals surface area contributed by atoms with Gasteiger partial charge in [-0.3, -0.25) is 9.52 Å². The highest BCUT2D eigenvalue weighted by Crippen LogP contribution is 2.41. The molecule has 0 aromatic heterocycles. The summed E-state index contributed by atoms with van der Waals surface area (Å²) in [4.78, 5) is 12.2. The number of carbonyl (C=O) groups excluding carboxylic acids is 1. The third-order valence-electron chi connectivity index (χ3n) is 2.89. The number of nitrogens with one attached hydrogen (secondary N) is 1. The molecule has 0 saturated heterocycles. The first-order chi connectivity index (χ1) is 9.54. The molecule has 1 unspecified atom stereocenters. The van der Waals surface area contributed by atoms with Crippen molar-refractivity contribution in [3.05, 3.63) is 45.5 Å². The minimum absolute atomic E-state index is 0.198. The number of hydrogen-bond donors (Lipinski definition) is 2. The first kappa shape index (κ1) is 15.9. The number of rotatable bonds is 3. The minimum Gasteiger partial charge on any atom is -0.501 e. The maximum absolute atomic E-state index is 12.2. The van der Waals surface area contributed by atoms with Gasteiger partial charge in [0.2, 0.25) is 27.3 Å². The molecule has 9 heteroatoms. The number of benzene rings is 1. The summed E-state index contributed by atoms with van der Waals surface area (Å²) in [5.74, 6) is -2.18. The molecule has 1 aliphatic heterocycles. The van der Waals surface area contributed by atoms with Crippen LogP contribution in [0.4, 0.5) is 0 Å². The molecule has 0 radical (unpaired) electrons. The molecule has 21 heavy (non-hydrogen) atoms. The van der Waals surface area contributed by atoms with Crippen LogP contribution in [0.25, 0.3) is 0 Å². The molecule has 1 aliphatic rings. The molecule has 6 nitrogen and oxygen atoms in total. The second kappa shape index (κ2) is 5.08. The van der Waals surface area contributed by atoms with E-state index in [1.807, 2.05) is 4.72 Å². The zero-order valence-electron chi connectivity index (χ0n) is 11.0. The van der Waals surface area contributed by atoms with Crippen molar-refractivity contribution in [3.63, 3.8) is 0 Å². The van der Waals surface area contributed by atoms with Crippen molar-refractivity contribution < 1.29 is 23.1 Å². The van der Waals surface area contributed by atoms with Crippen molar-refractivity contribution in [3.8, 4) is 0 Å². The summed E-state index contributed by atoms with van der Waals surface area (Å²) in [6, 6.07) is 4.41. The van der Waals surface area contributed by atoms with Gasteiger partial charge in [0.15, 0.2) is 0 Å². The van der Waals surface area contributed by atoms with Crippen LogP contribution in [0.5, 0.6) is 0 Å². The van der Waals surface area contributed by atoms with Gasteiger partial charge in [0.1, 0.15) is 0 Å². The molecular weight excluding hydrogens is 341 g/mol. The summed E-state index contributed by atoms with van der Waals surface area (Å²) < 4.78 is 29.7. The topological polar surface area (TPSA) is 92.7 Å². The quantitative estimate of drug-likeness (QED) is 0.869. The monoisotopic (exact) mass is 351 g/mol. The summed E-state index contributed by atoms with van der Waals surface area (Å²) in [5.41, 5.74) is -1.45. The van der Waals surface area contributed by atoms with Gasteiger partial charge in [-0.1, -0.05) is 23.2 Å². The Balaban J connectivity index is 2.48. The molecule has 2 N–H and O–H groups in total. The fourth-order valence-corrected chi connectivity index (χ4v) is 2.85. The van der Waals surface area contributed by atoms with Crippen LogP contribution in [-0.4, -0.2) is 25.6 Å². The Morgan fingerprint density at radius 3 is 2.52 bits per heavy atom. The summed E-state index contributed by atoms with van der Waals surface area (Å²) in [6.07, 6.45) is 0.864. The van der Waals surface area contributed by atoms with E-state index in [4.69, 9.17) is 27.9 Å². The minimum atomic E-state index is -3.72. The lowest BCUT2D eigenvalue weighted by Gasteiger charge is -2.24. The Morgan fingerprint density at radius 1 is 1.33 bits per heavy atom. The van der Waals surface area contributed by atoms with E-state index in [0.717, 1.165) is 6.26 Å². The van der Waals surface area contributed by atoms with E-state index in [0.29, 0.717) is 5.02 Å². The van der Waals surface area contributed by atoms with Crippen LogP contribution in [0.1, 0.15) is 12.5 Å². The Labute approximate surface area is 131 Å². The van der Waals surface area contributed by atoms with Crippen LogP contribution < -0.4 is 4.72 Å². The van der Waals surface area contributed by atoms with Crippen molar-refractivity contribution in [1.29, 1.82) is 0 Å². The van der Waals surface area contributed by atoms with E-state index in [1.165, 1.54) is 25.1 Å². The number of Topliss-reactive ketones (excluding diaryl/α,β-unsaturated/α-hetero) is 1. The predicted molar refractivity (Wildman–Crippen MR) is 77.5 cm³/mol. The number of carbonyl (C=O) groups is 1. The molecule has 0 bridgehead atoms. The fraction of sp³-hybridized carbons (Fsp3) is 0.250. The molecule has 0 fully saturated rings. The van der Waals surface area contributed by atoms with Gasteiger partial charge in [0.25, 0.3) is 5.78 Å². The molecule has 0 amide bonds. The van der Waals surface area contributed by atoms with Crippen molar-refractivity contribution in [2.75, 3.05) is 6.26 Å². The second-order valence-electron chi connectivity index (χ2n) is 4.64. The molecule has 0 saturated carbocycles. The summed E-state index contributed by atoms with van der Waals surface area (Å²) >= 11 is 11.9. The lowest BCUT2D eigenvalue weighted by molar-refractivity contribution is -0.131. The van der Waals surface area contributed by atoms with Crippen LogP contribution in [-0.2, 0) is 25.2 Å². The summed E-state index contributed by atoms with van der Waals surface area (Å²) in [5, 5.41) is 10.3. The third kappa shape index (κ3) is 2.95. The lowest BCUT2D eigenvalue weighted by Crippen LogP contribution is -2.32. The SMILES string of the molecule is CC1(c2cc(Cl)ccc2Cl)OC(NS(C)(=O)=O)=C(O)C1=O. The van der Waals surface area contributed by atoms with Gasteiger partial charge < -0.3 is 9.84 Å².